The molecule has 0 saturated carbocycles. The molecule has 3 nitrogen and oxygen atoms in total. The Kier molecular flexibility index (Phi) is 3.79. The summed E-state index contributed by atoms with van der Waals surface area (Å²) >= 11 is 0. The molecule has 0 aromatic carbocycles. The first-order valence-corrected chi connectivity index (χ1v) is 5.83. The first kappa shape index (κ1) is 10.4. The van der Waals surface area contributed by atoms with Gasteiger partial charge in [-0.05, 0) is 38.1 Å². The Balaban J connectivity index is 1.73. The lowest BCUT2D eigenvalue weighted by molar-refractivity contribution is 0.0474. The van der Waals surface area contributed by atoms with E-state index in [1.807, 2.05) is 0 Å². The maximum atomic E-state index is 9.11. The monoisotopic (exact) mass is 199 g/mol. The molecular weight excluding hydrogens is 178 g/mol. The van der Waals surface area contributed by atoms with Crippen molar-refractivity contribution >= 4 is 0 Å². The Bertz CT molecular complexity index is 169. The molecule has 2 unspecified atom stereocenters. The molecule has 2 saturated heterocycles. The van der Waals surface area contributed by atoms with E-state index in [0.29, 0.717) is 18.6 Å². The second-order valence-electron chi connectivity index (χ2n) is 4.59. The summed E-state index contributed by atoms with van der Waals surface area (Å²) in [6.45, 7) is 4.63. The number of ether oxygens (including phenoxy) is 1. The maximum Gasteiger partial charge on any atom is 0.0702 e. The molecule has 1 N–H and O–H groups in total. The van der Waals surface area contributed by atoms with Gasteiger partial charge in [0.2, 0.25) is 0 Å². The van der Waals surface area contributed by atoms with Gasteiger partial charge in [-0.1, -0.05) is 0 Å². The summed E-state index contributed by atoms with van der Waals surface area (Å²) in [6, 6.07) is 0. The van der Waals surface area contributed by atoms with Gasteiger partial charge in [-0.15, -0.1) is 0 Å². The molecule has 82 valence electrons. The predicted octanol–water partition coefficient (Wildman–Crippen LogP) is 0.870. The lowest BCUT2D eigenvalue weighted by Crippen LogP contribution is -2.40. The van der Waals surface area contributed by atoms with Crippen LogP contribution < -0.4 is 0 Å². The van der Waals surface area contributed by atoms with Crippen LogP contribution in [0.1, 0.15) is 25.7 Å². The molecule has 2 aliphatic rings. The van der Waals surface area contributed by atoms with Crippen molar-refractivity contribution < 1.29 is 9.84 Å². The fraction of sp³-hybridized carbons (Fsp3) is 1.00. The average molecular weight is 199 g/mol. The van der Waals surface area contributed by atoms with E-state index in [9.17, 15) is 0 Å². The molecule has 2 heterocycles. The zero-order valence-electron chi connectivity index (χ0n) is 8.82. The molecule has 0 amide bonds. The highest BCUT2D eigenvalue weighted by Crippen LogP contribution is 2.19. The molecule has 2 atom stereocenters. The Morgan fingerprint density at radius 2 is 2.21 bits per heavy atom. The number of nitrogens with zero attached hydrogens (tertiary/aromatic N) is 1. The minimum Gasteiger partial charge on any atom is -0.396 e. The molecule has 0 aliphatic carbocycles. The SMILES string of the molecule is OCC1CCCN(CC2CCCO2)C1. The van der Waals surface area contributed by atoms with Gasteiger partial charge < -0.3 is 14.7 Å². The van der Waals surface area contributed by atoms with Crippen molar-refractivity contribution in [1.82, 2.24) is 4.90 Å². The van der Waals surface area contributed by atoms with Crippen molar-refractivity contribution in [2.24, 2.45) is 5.92 Å². The minimum absolute atomic E-state index is 0.349. The number of aliphatic hydroxyl groups excluding tert-OH is 1. The number of likely N-dealkylation sites (tertiary alicyclic amines) is 1. The second-order valence-corrected chi connectivity index (χ2v) is 4.59. The first-order valence-electron chi connectivity index (χ1n) is 5.83. The van der Waals surface area contributed by atoms with Crippen LogP contribution in [0, 0.1) is 5.92 Å². The average Bonchev–Trinajstić information content (AvgIpc) is 2.71. The molecule has 0 aromatic heterocycles. The van der Waals surface area contributed by atoms with E-state index >= 15 is 0 Å². The summed E-state index contributed by atoms with van der Waals surface area (Å²) in [5, 5.41) is 9.11. The molecule has 0 radical (unpaired) electrons. The molecular formula is C11H21NO2. The fourth-order valence-electron chi connectivity index (χ4n) is 2.54. The van der Waals surface area contributed by atoms with E-state index in [1.165, 1.54) is 32.2 Å². The molecule has 3 heteroatoms. The molecule has 2 fully saturated rings. The van der Waals surface area contributed by atoms with Gasteiger partial charge in [-0.2, -0.15) is 0 Å². The van der Waals surface area contributed by atoms with E-state index in [2.05, 4.69) is 4.90 Å². The summed E-state index contributed by atoms with van der Waals surface area (Å²) in [7, 11) is 0. The maximum absolute atomic E-state index is 9.11. The standard InChI is InChI=1S/C11H21NO2/c13-9-10-3-1-5-12(7-10)8-11-4-2-6-14-11/h10-11,13H,1-9H2. The van der Waals surface area contributed by atoms with Gasteiger partial charge in [-0.25, -0.2) is 0 Å². The Hall–Kier alpha value is -0.120. The third kappa shape index (κ3) is 2.69. The van der Waals surface area contributed by atoms with Gasteiger partial charge in [0, 0.05) is 26.3 Å². The lowest BCUT2D eigenvalue weighted by atomic mass is 9.98. The molecule has 0 spiro atoms. The predicted molar refractivity (Wildman–Crippen MR) is 55.2 cm³/mol. The summed E-state index contributed by atoms with van der Waals surface area (Å²) < 4.78 is 5.62. The van der Waals surface area contributed by atoms with Crippen molar-refractivity contribution in [3.8, 4) is 0 Å². The van der Waals surface area contributed by atoms with Crippen LogP contribution >= 0.6 is 0 Å². The van der Waals surface area contributed by atoms with Gasteiger partial charge in [-0.3, -0.25) is 0 Å². The van der Waals surface area contributed by atoms with Gasteiger partial charge >= 0.3 is 0 Å². The van der Waals surface area contributed by atoms with E-state index < -0.39 is 0 Å². The molecule has 2 rings (SSSR count). The largest absolute Gasteiger partial charge is 0.396 e. The van der Waals surface area contributed by atoms with Gasteiger partial charge in [0.15, 0.2) is 0 Å². The van der Waals surface area contributed by atoms with Crippen LogP contribution in [0.25, 0.3) is 0 Å². The highest BCUT2D eigenvalue weighted by molar-refractivity contribution is 4.76. The van der Waals surface area contributed by atoms with Crippen molar-refractivity contribution in [3.63, 3.8) is 0 Å². The fourth-order valence-corrected chi connectivity index (χ4v) is 2.54. The van der Waals surface area contributed by atoms with Gasteiger partial charge in [0.05, 0.1) is 6.10 Å². The lowest BCUT2D eigenvalue weighted by Gasteiger charge is -2.33. The summed E-state index contributed by atoms with van der Waals surface area (Å²) in [6.07, 6.45) is 5.34. The van der Waals surface area contributed by atoms with Crippen LogP contribution in [0.5, 0.6) is 0 Å². The zero-order chi connectivity index (χ0) is 9.80. The first-order chi connectivity index (χ1) is 6.88. The molecule has 0 aromatic rings. The van der Waals surface area contributed by atoms with Crippen LogP contribution in [0.2, 0.25) is 0 Å². The van der Waals surface area contributed by atoms with Crippen molar-refractivity contribution in [2.75, 3.05) is 32.8 Å². The molecule has 0 bridgehead atoms. The highest BCUT2D eigenvalue weighted by Gasteiger charge is 2.23. The van der Waals surface area contributed by atoms with Gasteiger partial charge in [0.1, 0.15) is 0 Å². The Morgan fingerprint density at radius 3 is 2.93 bits per heavy atom. The second kappa shape index (κ2) is 5.10. The smallest absolute Gasteiger partial charge is 0.0702 e. The number of hydrogen-bond acceptors (Lipinski definition) is 3. The summed E-state index contributed by atoms with van der Waals surface area (Å²) in [5.41, 5.74) is 0. The minimum atomic E-state index is 0.349. The van der Waals surface area contributed by atoms with Crippen LogP contribution in [-0.4, -0.2) is 49.0 Å². The number of hydrogen-bond donors (Lipinski definition) is 1. The van der Waals surface area contributed by atoms with Gasteiger partial charge in [0.25, 0.3) is 0 Å². The zero-order valence-corrected chi connectivity index (χ0v) is 8.82. The Morgan fingerprint density at radius 1 is 1.29 bits per heavy atom. The van der Waals surface area contributed by atoms with E-state index in [1.54, 1.807) is 0 Å². The topological polar surface area (TPSA) is 32.7 Å². The van der Waals surface area contributed by atoms with E-state index in [-0.39, 0.29) is 0 Å². The number of rotatable bonds is 3. The third-order valence-corrected chi connectivity index (χ3v) is 3.35. The van der Waals surface area contributed by atoms with Crippen LogP contribution in [0.3, 0.4) is 0 Å². The van der Waals surface area contributed by atoms with E-state index in [0.717, 1.165) is 19.7 Å². The quantitative estimate of drug-likeness (QED) is 0.732. The third-order valence-electron chi connectivity index (χ3n) is 3.35. The Labute approximate surface area is 86.0 Å². The molecule has 14 heavy (non-hydrogen) atoms. The van der Waals surface area contributed by atoms with Crippen molar-refractivity contribution in [2.45, 2.75) is 31.8 Å². The van der Waals surface area contributed by atoms with Crippen LogP contribution in [0.4, 0.5) is 0 Å². The highest BCUT2D eigenvalue weighted by atomic mass is 16.5. The van der Waals surface area contributed by atoms with E-state index in [4.69, 9.17) is 9.84 Å². The molecule has 2 aliphatic heterocycles. The summed E-state index contributed by atoms with van der Waals surface area (Å²) in [4.78, 5) is 2.46. The number of aliphatic hydroxyl groups is 1. The normalized spacial score (nSPS) is 34.9. The number of piperidine rings is 1. The van der Waals surface area contributed by atoms with Crippen molar-refractivity contribution in [3.05, 3.63) is 0 Å². The summed E-state index contributed by atoms with van der Waals surface area (Å²) in [5.74, 6) is 0.505. The van der Waals surface area contributed by atoms with Crippen LogP contribution in [-0.2, 0) is 4.74 Å². The van der Waals surface area contributed by atoms with Crippen molar-refractivity contribution in [1.29, 1.82) is 0 Å². The van der Waals surface area contributed by atoms with Crippen LogP contribution in [0.15, 0.2) is 0 Å².